The molecular formula is C20H22N6O2. The summed E-state index contributed by atoms with van der Waals surface area (Å²) in [7, 11) is 0. The van der Waals surface area contributed by atoms with Crippen molar-refractivity contribution in [2.24, 2.45) is 0 Å². The van der Waals surface area contributed by atoms with E-state index in [0.29, 0.717) is 18.3 Å². The molecule has 1 N–H and O–H groups in total. The standard InChI is InChI=1S/C20H22N6O2/c1-11-7-18(24-20(22-11)14-5-6-28-10-14)26-16-8-17(23-12(2)27)21-9-15(16)19(25-26)13-3-4-13/h7-9,13-14H,3-6,10H2,1-2H3,(H,21,23,27). The van der Waals surface area contributed by atoms with Crippen LogP contribution in [0.1, 0.15) is 55.2 Å². The zero-order chi connectivity index (χ0) is 19.3. The number of amides is 1. The molecule has 144 valence electrons. The molecule has 8 heteroatoms. The normalized spacial score (nSPS) is 19.3. The van der Waals surface area contributed by atoms with Crippen LogP contribution in [0.15, 0.2) is 18.3 Å². The van der Waals surface area contributed by atoms with Gasteiger partial charge in [0.1, 0.15) is 11.6 Å². The number of nitrogens with one attached hydrogen (secondary N) is 1. The number of pyridine rings is 1. The molecule has 5 rings (SSSR count). The summed E-state index contributed by atoms with van der Waals surface area (Å²) in [5.74, 6) is 2.61. The van der Waals surface area contributed by atoms with E-state index in [-0.39, 0.29) is 11.8 Å². The quantitative estimate of drug-likeness (QED) is 0.750. The molecule has 1 amide bonds. The molecule has 1 saturated heterocycles. The highest BCUT2D eigenvalue weighted by Crippen LogP contribution is 2.43. The van der Waals surface area contributed by atoms with Crippen molar-refractivity contribution in [3.63, 3.8) is 0 Å². The summed E-state index contributed by atoms with van der Waals surface area (Å²) in [5, 5.41) is 8.66. The van der Waals surface area contributed by atoms with Gasteiger partial charge in [0.25, 0.3) is 0 Å². The van der Waals surface area contributed by atoms with Gasteiger partial charge in [-0.3, -0.25) is 4.79 Å². The Bertz CT molecular complexity index is 1070. The molecule has 1 aliphatic heterocycles. The molecule has 0 spiro atoms. The Balaban J connectivity index is 1.66. The van der Waals surface area contributed by atoms with E-state index in [1.807, 2.05) is 23.7 Å². The molecule has 3 aromatic rings. The lowest BCUT2D eigenvalue weighted by atomic mass is 10.1. The molecule has 0 bridgehead atoms. The van der Waals surface area contributed by atoms with E-state index in [1.54, 1.807) is 6.20 Å². The molecular weight excluding hydrogens is 356 g/mol. The lowest BCUT2D eigenvalue weighted by molar-refractivity contribution is -0.114. The van der Waals surface area contributed by atoms with Gasteiger partial charge in [-0.05, 0) is 26.2 Å². The van der Waals surface area contributed by atoms with Gasteiger partial charge in [-0.2, -0.15) is 5.10 Å². The van der Waals surface area contributed by atoms with Crippen molar-refractivity contribution in [3.8, 4) is 5.82 Å². The zero-order valence-corrected chi connectivity index (χ0v) is 16.0. The Morgan fingerprint density at radius 3 is 2.79 bits per heavy atom. The average Bonchev–Trinajstić information content (AvgIpc) is 3.22. The largest absolute Gasteiger partial charge is 0.381 e. The van der Waals surface area contributed by atoms with Gasteiger partial charge < -0.3 is 10.1 Å². The number of nitrogens with zero attached hydrogens (tertiary/aromatic N) is 5. The first kappa shape index (κ1) is 17.2. The molecule has 1 aliphatic carbocycles. The second-order valence-electron chi connectivity index (χ2n) is 7.63. The molecule has 28 heavy (non-hydrogen) atoms. The summed E-state index contributed by atoms with van der Waals surface area (Å²) in [6.45, 7) is 4.86. The van der Waals surface area contributed by atoms with Crippen LogP contribution in [0.2, 0.25) is 0 Å². The van der Waals surface area contributed by atoms with Crippen molar-refractivity contribution in [1.29, 1.82) is 0 Å². The molecule has 8 nitrogen and oxygen atoms in total. The fraction of sp³-hybridized carbons (Fsp3) is 0.450. The molecule has 1 saturated carbocycles. The minimum absolute atomic E-state index is 0.151. The fourth-order valence-electron chi connectivity index (χ4n) is 3.72. The lowest BCUT2D eigenvalue weighted by Crippen LogP contribution is -2.10. The van der Waals surface area contributed by atoms with Gasteiger partial charge in [0.2, 0.25) is 5.91 Å². The molecule has 1 atom stereocenters. The molecule has 4 heterocycles. The number of fused-ring (bicyclic) bond motifs is 1. The number of hydrogen-bond donors (Lipinski definition) is 1. The van der Waals surface area contributed by atoms with Crippen molar-refractivity contribution in [3.05, 3.63) is 35.5 Å². The molecule has 2 aliphatic rings. The third-order valence-electron chi connectivity index (χ3n) is 5.23. The second kappa shape index (κ2) is 6.63. The van der Waals surface area contributed by atoms with Gasteiger partial charge in [-0.1, -0.05) is 0 Å². The van der Waals surface area contributed by atoms with Crippen LogP contribution in [-0.2, 0) is 9.53 Å². The van der Waals surface area contributed by atoms with Gasteiger partial charge in [-0.25, -0.2) is 19.6 Å². The summed E-state index contributed by atoms with van der Waals surface area (Å²) in [6, 6.07) is 3.81. The SMILES string of the molecule is CC(=O)Nc1cc2c(cn1)c(C1CC1)nn2-c1cc(C)nc(C2CCOC2)n1. The predicted molar refractivity (Wildman–Crippen MR) is 104 cm³/mol. The fourth-order valence-corrected chi connectivity index (χ4v) is 3.72. The van der Waals surface area contributed by atoms with Crippen LogP contribution in [-0.4, -0.2) is 43.9 Å². The number of carbonyl (C=O) groups excluding carboxylic acids is 1. The maximum Gasteiger partial charge on any atom is 0.222 e. The second-order valence-corrected chi connectivity index (χ2v) is 7.63. The minimum Gasteiger partial charge on any atom is -0.381 e. The van der Waals surface area contributed by atoms with Crippen molar-refractivity contribution in [1.82, 2.24) is 24.7 Å². The first-order valence-corrected chi connectivity index (χ1v) is 9.68. The molecule has 0 radical (unpaired) electrons. The summed E-state index contributed by atoms with van der Waals surface area (Å²) < 4.78 is 7.38. The predicted octanol–water partition coefficient (Wildman–Crippen LogP) is 2.86. The summed E-state index contributed by atoms with van der Waals surface area (Å²) >= 11 is 0. The van der Waals surface area contributed by atoms with Gasteiger partial charge in [-0.15, -0.1) is 0 Å². The van der Waals surface area contributed by atoms with E-state index in [9.17, 15) is 4.79 Å². The number of rotatable bonds is 4. The highest BCUT2D eigenvalue weighted by atomic mass is 16.5. The van der Waals surface area contributed by atoms with E-state index in [0.717, 1.165) is 59.8 Å². The Kier molecular flexibility index (Phi) is 4.08. The van der Waals surface area contributed by atoms with Crippen molar-refractivity contribution < 1.29 is 9.53 Å². The molecule has 2 fully saturated rings. The Hall–Kier alpha value is -2.87. The van der Waals surface area contributed by atoms with Crippen LogP contribution in [0.5, 0.6) is 0 Å². The van der Waals surface area contributed by atoms with E-state index in [4.69, 9.17) is 14.8 Å². The first-order valence-electron chi connectivity index (χ1n) is 9.68. The topological polar surface area (TPSA) is 94.8 Å². The number of ether oxygens (including phenoxy) is 1. The Morgan fingerprint density at radius 2 is 2.07 bits per heavy atom. The monoisotopic (exact) mass is 378 g/mol. The van der Waals surface area contributed by atoms with Crippen LogP contribution in [0.4, 0.5) is 5.82 Å². The highest BCUT2D eigenvalue weighted by molar-refractivity contribution is 5.91. The number of anilines is 1. The zero-order valence-electron chi connectivity index (χ0n) is 16.0. The molecule has 0 aromatic carbocycles. The number of carbonyl (C=O) groups is 1. The third kappa shape index (κ3) is 3.13. The van der Waals surface area contributed by atoms with Crippen LogP contribution in [0, 0.1) is 6.92 Å². The van der Waals surface area contributed by atoms with Gasteiger partial charge >= 0.3 is 0 Å². The van der Waals surface area contributed by atoms with Gasteiger partial charge in [0.15, 0.2) is 5.82 Å². The van der Waals surface area contributed by atoms with Crippen molar-refractivity contribution >= 4 is 22.6 Å². The Morgan fingerprint density at radius 1 is 1.21 bits per heavy atom. The average molecular weight is 378 g/mol. The summed E-state index contributed by atoms with van der Waals surface area (Å²) in [4.78, 5) is 25.3. The maximum absolute atomic E-state index is 11.5. The van der Waals surface area contributed by atoms with E-state index in [2.05, 4.69) is 15.3 Å². The lowest BCUT2D eigenvalue weighted by Gasteiger charge is -2.10. The highest BCUT2D eigenvalue weighted by Gasteiger charge is 2.30. The van der Waals surface area contributed by atoms with E-state index in [1.165, 1.54) is 6.92 Å². The van der Waals surface area contributed by atoms with Crippen LogP contribution in [0.3, 0.4) is 0 Å². The van der Waals surface area contributed by atoms with Crippen LogP contribution < -0.4 is 5.32 Å². The summed E-state index contributed by atoms with van der Waals surface area (Å²) in [6.07, 6.45) is 5.03. The van der Waals surface area contributed by atoms with Crippen molar-refractivity contribution in [2.45, 2.75) is 44.9 Å². The van der Waals surface area contributed by atoms with Crippen LogP contribution in [0.25, 0.3) is 16.7 Å². The number of hydrogen-bond acceptors (Lipinski definition) is 6. The number of aromatic nitrogens is 5. The van der Waals surface area contributed by atoms with Gasteiger partial charge in [0.05, 0.1) is 17.8 Å². The van der Waals surface area contributed by atoms with E-state index < -0.39 is 0 Å². The maximum atomic E-state index is 11.5. The Labute approximate surface area is 162 Å². The molecule has 1 unspecified atom stereocenters. The number of aryl methyl sites for hydroxylation is 1. The summed E-state index contributed by atoms with van der Waals surface area (Å²) in [5.41, 5.74) is 2.85. The first-order chi connectivity index (χ1) is 13.6. The third-order valence-corrected chi connectivity index (χ3v) is 5.23. The van der Waals surface area contributed by atoms with Crippen molar-refractivity contribution in [2.75, 3.05) is 18.5 Å². The smallest absolute Gasteiger partial charge is 0.222 e. The van der Waals surface area contributed by atoms with Gasteiger partial charge in [0, 0.05) is 54.8 Å². The minimum atomic E-state index is -0.151. The van der Waals surface area contributed by atoms with E-state index >= 15 is 0 Å². The molecule has 3 aromatic heterocycles. The van der Waals surface area contributed by atoms with Crippen LogP contribution >= 0.6 is 0 Å².